The second kappa shape index (κ2) is 8.47. The molecule has 25 heavy (non-hydrogen) atoms. The number of aromatic nitrogens is 2. The van der Waals surface area contributed by atoms with Crippen molar-refractivity contribution in [2.75, 3.05) is 26.3 Å². The highest BCUT2D eigenvalue weighted by Gasteiger charge is 2.33. The Hall–Kier alpha value is -1.89. The van der Waals surface area contributed by atoms with E-state index >= 15 is 0 Å². The van der Waals surface area contributed by atoms with E-state index in [-0.39, 0.29) is 11.8 Å². The Kier molecular flexibility index (Phi) is 6.07. The van der Waals surface area contributed by atoms with Gasteiger partial charge in [-0.25, -0.2) is 0 Å². The Morgan fingerprint density at radius 2 is 2.16 bits per heavy atom. The number of hydrogen-bond donors (Lipinski definition) is 1. The highest BCUT2D eigenvalue weighted by molar-refractivity contribution is 5.82. The molecule has 1 aromatic rings. The summed E-state index contributed by atoms with van der Waals surface area (Å²) in [4.78, 5) is 27.0. The number of unbranched alkanes of at least 4 members (excludes halogenated alkanes) is 1. The SMILES string of the molecule is CCCCC(=O)N1Cc2ccnn2[C@@H](C(=O)NCC2CCOCC2)C1. The maximum Gasteiger partial charge on any atom is 0.246 e. The third-order valence-electron chi connectivity index (χ3n) is 5.10. The zero-order valence-corrected chi connectivity index (χ0v) is 14.9. The van der Waals surface area contributed by atoms with Crippen LogP contribution in [0, 0.1) is 5.92 Å². The lowest BCUT2D eigenvalue weighted by Gasteiger charge is -2.33. The fourth-order valence-corrected chi connectivity index (χ4v) is 3.48. The van der Waals surface area contributed by atoms with E-state index in [1.807, 2.05) is 6.07 Å². The minimum absolute atomic E-state index is 0.0515. The van der Waals surface area contributed by atoms with Gasteiger partial charge in [0.15, 0.2) is 0 Å². The molecule has 0 aliphatic carbocycles. The van der Waals surface area contributed by atoms with Crippen LogP contribution >= 0.6 is 0 Å². The summed E-state index contributed by atoms with van der Waals surface area (Å²) in [6.07, 6.45) is 6.09. The molecule has 0 spiro atoms. The minimum atomic E-state index is -0.441. The van der Waals surface area contributed by atoms with Crippen molar-refractivity contribution in [1.82, 2.24) is 20.0 Å². The Balaban J connectivity index is 1.62. The van der Waals surface area contributed by atoms with E-state index in [2.05, 4.69) is 17.3 Å². The van der Waals surface area contributed by atoms with Crippen LogP contribution in [0.4, 0.5) is 0 Å². The summed E-state index contributed by atoms with van der Waals surface area (Å²) in [5.41, 5.74) is 0.919. The van der Waals surface area contributed by atoms with E-state index < -0.39 is 6.04 Å². The van der Waals surface area contributed by atoms with Crippen molar-refractivity contribution in [2.24, 2.45) is 5.92 Å². The lowest BCUT2D eigenvalue weighted by atomic mass is 10.0. The molecule has 0 bridgehead atoms. The highest BCUT2D eigenvalue weighted by atomic mass is 16.5. The van der Waals surface area contributed by atoms with Crippen LogP contribution in [-0.4, -0.2) is 52.8 Å². The van der Waals surface area contributed by atoms with Gasteiger partial charge >= 0.3 is 0 Å². The summed E-state index contributed by atoms with van der Waals surface area (Å²) in [6.45, 7) is 5.22. The minimum Gasteiger partial charge on any atom is -0.381 e. The first-order chi connectivity index (χ1) is 12.2. The third-order valence-corrected chi connectivity index (χ3v) is 5.10. The van der Waals surface area contributed by atoms with Crippen molar-refractivity contribution in [3.8, 4) is 0 Å². The molecule has 1 aromatic heterocycles. The van der Waals surface area contributed by atoms with Gasteiger partial charge in [0, 0.05) is 32.4 Å². The third kappa shape index (κ3) is 4.39. The van der Waals surface area contributed by atoms with Gasteiger partial charge in [-0.3, -0.25) is 14.3 Å². The van der Waals surface area contributed by atoms with Gasteiger partial charge in [0.1, 0.15) is 6.04 Å². The number of fused-ring (bicyclic) bond motifs is 1. The first-order valence-corrected chi connectivity index (χ1v) is 9.34. The highest BCUT2D eigenvalue weighted by Crippen LogP contribution is 2.22. The van der Waals surface area contributed by atoms with Crippen LogP contribution < -0.4 is 5.32 Å². The van der Waals surface area contributed by atoms with Crippen molar-refractivity contribution in [3.63, 3.8) is 0 Å². The molecule has 7 nitrogen and oxygen atoms in total. The predicted molar refractivity (Wildman–Crippen MR) is 92.8 cm³/mol. The summed E-state index contributed by atoms with van der Waals surface area (Å²) >= 11 is 0. The molecular formula is C18H28N4O3. The van der Waals surface area contributed by atoms with Crippen molar-refractivity contribution in [2.45, 2.75) is 51.6 Å². The lowest BCUT2D eigenvalue weighted by molar-refractivity contribution is -0.135. The zero-order chi connectivity index (χ0) is 17.6. The molecular weight excluding hydrogens is 320 g/mol. The predicted octanol–water partition coefficient (Wildman–Crippen LogP) is 1.50. The fraction of sp³-hybridized carbons (Fsp3) is 0.722. The maximum atomic E-state index is 12.7. The quantitative estimate of drug-likeness (QED) is 0.845. The van der Waals surface area contributed by atoms with Crippen LogP contribution in [0.2, 0.25) is 0 Å². The standard InChI is InChI=1S/C18H28N4O3/c1-2-3-4-17(23)21-12-15-5-8-20-22(15)16(13-21)18(24)19-11-14-6-9-25-10-7-14/h5,8,14,16H,2-4,6-7,9-13H2,1H3,(H,19,24)/t16-/m1/s1. The number of carbonyl (C=O) groups excluding carboxylic acids is 2. The average Bonchev–Trinajstić information content (AvgIpc) is 3.12. The normalized spacial score (nSPS) is 21.0. The average molecular weight is 348 g/mol. The largest absolute Gasteiger partial charge is 0.381 e. The summed E-state index contributed by atoms with van der Waals surface area (Å²) in [6, 6.07) is 1.45. The molecule has 138 valence electrons. The van der Waals surface area contributed by atoms with Crippen LogP contribution in [0.25, 0.3) is 0 Å². The monoisotopic (exact) mass is 348 g/mol. The molecule has 0 radical (unpaired) electrons. The van der Waals surface area contributed by atoms with Crippen molar-refractivity contribution in [1.29, 1.82) is 0 Å². The van der Waals surface area contributed by atoms with Gasteiger partial charge < -0.3 is 15.0 Å². The molecule has 0 aromatic carbocycles. The van der Waals surface area contributed by atoms with Crippen molar-refractivity contribution >= 4 is 11.8 Å². The van der Waals surface area contributed by atoms with Crippen LogP contribution in [-0.2, 0) is 20.9 Å². The number of amides is 2. The Morgan fingerprint density at radius 1 is 1.36 bits per heavy atom. The van der Waals surface area contributed by atoms with E-state index in [0.717, 1.165) is 44.6 Å². The number of rotatable bonds is 6. The number of nitrogens with zero attached hydrogens (tertiary/aromatic N) is 3. The molecule has 1 saturated heterocycles. The number of hydrogen-bond acceptors (Lipinski definition) is 4. The van der Waals surface area contributed by atoms with Crippen LogP contribution in [0.5, 0.6) is 0 Å². The van der Waals surface area contributed by atoms with Crippen molar-refractivity contribution < 1.29 is 14.3 Å². The van der Waals surface area contributed by atoms with E-state index in [4.69, 9.17) is 4.74 Å². The summed E-state index contributed by atoms with van der Waals surface area (Å²) in [5, 5.41) is 7.37. The van der Waals surface area contributed by atoms with Gasteiger partial charge in [0.25, 0.3) is 0 Å². The van der Waals surface area contributed by atoms with Crippen LogP contribution in [0.3, 0.4) is 0 Å². The summed E-state index contributed by atoms with van der Waals surface area (Å²) in [5.74, 6) is 0.543. The van der Waals surface area contributed by atoms with Crippen LogP contribution in [0.1, 0.15) is 50.8 Å². The maximum absolute atomic E-state index is 12.7. The summed E-state index contributed by atoms with van der Waals surface area (Å²) in [7, 11) is 0. The van der Waals surface area contributed by atoms with Crippen LogP contribution in [0.15, 0.2) is 12.3 Å². The Labute approximate surface area is 148 Å². The second-order valence-corrected chi connectivity index (χ2v) is 6.96. The van der Waals surface area contributed by atoms with E-state index in [1.54, 1.807) is 15.8 Å². The molecule has 1 fully saturated rings. The van der Waals surface area contributed by atoms with E-state index in [1.165, 1.54) is 0 Å². The first kappa shape index (κ1) is 17.9. The molecule has 2 aliphatic rings. The number of carbonyl (C=O) groups is 2. The summed E-state index contributed by atoms with van der Waals surface area (Å²) < 4.78 is 7.13. The van der Waals surface area contributed by atoms with Gasteiger partial charge in [-0.1, -0.05) is 13.3 Å². The number of ether oxygens (including phenoxy) is 1. The van der Waals surface area contributed by atoms with E-state index in [9.17, 15) is 9.59 Å². The topological polar surface area (TPSA) is 76.5 Å². The molecule has 7 heteroatoms. The Morgan fingerprint density at radius 3 is 2.92 bits per heavy atom. The molecule has 1 N–H and O–H groups in total. The van der Waals surface area contributed by atoms with Gasteiger partial charge in [0.2, 0.25) is 11.8 Å². The lowest BCUT2D eigenvalue weighted by Crippen LogP contribution is -2.47. The zero-order valence-electron chi connectivity index (χ0n) is 14.9. The van der Waals surface area contributed by atoms with Gasteiger partial charge in [0.05, 0.1) is 18.8 Å². The van der Waals surface area contributed by atoms with Gasteiger partial charge in [-0.15, -0.1) is 0 Å². The molecule has 3 heterocycles. The van der Waals surface area contributed by atoms with Gasteiger partial charge in [-0.05, 0) is 31.2 Å². The smallest absolute Gasteiger partial charge is 0.246 e. The molecule has 0 saturated carbocycles. The molecule has 2 amide bonds. The molecule has 1 atom stereocenters. The molecule has 3 rings (SSSR count). The first-order valence-electron chi connectivity index (χ1n) is 9.34. The fourth-order valence-electron chi connectivity index (χ4n) is 3.48. The van der Waals surface area contributed by atoms with E-state index in [0.29, 0.717) is 32.0 Å². The number of nitrogens with one attached hydrogen (secondary N) is 1. The second-order valence-electron chi connectivity index (χ2n) is 6.96. The van der Waals surface area contributed by atoms with Crippen molar-refractivity contribution in [3.05, 3.63) is 18.0 Å². The molecule has 0 unspecified atom stereocenters. The van der Waals surface area contributed by atoms with Gasteiger partial charge in [-0.2, -0.15) is 5.10 Å². The molecule has 2 aliphatic heterocycles. The Bertz CT molecular complexity index is 595.